The Balaban J connectivity index is 1.51. The van der Waals surface area contributed by atoms with Crippen LogP contribution >= 0.6 is 0 Å². The van der Waals surface area contributed by atoms with E-state index in [0.717, 1.165) is 31.8 Å². The molecule has 0 radical (unpaired) electrons. The first-order chi connectivity index (χ1) is 12.1. The zero-order valence-electron chi connectivity index (χ0n) is 15.1. The lowest BCUT2D eigenvalue weighted by molar-refractivity contribution is 0.147. The molecule has 3 aromatic rings. The fourth-order valence-corrected chi connectivity index (χ4v) is 4.02. The van der Waals surface area contributed by atoms with Crippen LogP contribution in [0.15, 0.2) is 36.9 Å². The molecule has 4 rings (SSSR count). The molecule has 1 saturated heterocycles. The Kier molecular flexibility index (Phi) is 4.31. The number of aryl methyl sites for hydroxylation is 2. The molecule has 2 aromatic heterocycles. The molecule has 1 aromatic carbocycles. The molecule has 6 heteroatoms. The second-order valence-corrected chi connectivity index (χ2v) is 7.14. The number of hydrogen-bond donors (Lipinski definition) is 0. The van der Waals surface area contributed by atoms with E-state index in [0.29, 0.717) is 11.8 Å². The quantitative estimate of drug-likeness (QED) is 0.715. The van der Waals surface area contributed by atoms with E-state index in [1.807, 2.05) is 31.3 Å². The summed E-state index contributed by atoms with van der Waals surface area (Å²) in [4.78, 5) is 7.00. The zero-order valence-corrected chi connectivity index (χ0v) is 15.1. The topological polar surface area (TPSA) is 48.1 Å². The summed E-state index contributed by atoms with van der Waals surface area (Å²) in [5, 5.41) is 4.35. The predicted octanol–water partition coefficient (Wildman–Crippen LogP) is 2.17. The molecule has 2 atom stereocenters. The van der Waals surface area contributed by atoms with Gasteiger partial charge in [-0.3, -0.25) is 9.58 Å². The van der Waals surface area contributed by atoms with Crippen LogP contribution in [0.2, 0.25) is 0 Å². The van der Waals surface area contributed by atoms with Crippen molar-refractivity contribution in [1.82, 2.24) is 24.2 Å². The molecule has 1 fully saturated rings. The van der Waals surface area contributed by atoms with Crippen LogP contribution in [0.5, 0.6) is 0 Å². The van der Waals surface area contributed by atoms with Crippen molar-refractivity contribution in [2.45, 2.75) is 12.5 Å². The van der Waals surface area contributed by atoms with E-state index >= 15 is 0 Å². The van der Waals surface area contributed by atoms with Crippen molar-refractivity contribution in [3.8, 4) is 0 Å². The first-order valence-electron chi connectivity index (χ1n) is 8.74. The summed E-state index contributed by atoms with van der Waals surface area (Å²) in [6.45, 7) is 3.83. The van der Waals surface area contributed by atoms with Gasteiger partial charge in [0, 0.05) is 58.9 Å². The number of rotatable bonds is 5. The van der Waals surface area contributed by atoms with Gasteiger partial charge in [0.2, 0.25) is 0 Å². The Labute approximate surface area is 148 Å². The molecule has 0 aliphatic carbocycles. The van der Waals surface area contributed by atoms with E-state index in [-0.39, 0.29) is 0 Å². The van der Waals surface area contributed by atoms with Crippen molar-refractivity contribution >= 4 is 11.0 Å². The number of imidazole rings is 1. The van der Waals surface area contributed by atoms with Crippen molar-refractivity contribution in [2.24, 2.45) is 20.0 Å². The van der Waals surface area contributed by atoms with Crippen LogP contribution < -0.4 is 0 Å². The Bertz CT molecular complexity index is 868. The van der Waals surface area contributed by atoms with Gasteiger partial charge in [-0.2, -0.15) is 5.10 Å². The molecule has 132 valence electrons. The van der Waals surface area contributed by atoms with Crippen molar-refractivity contribution < 1.29 is 4.74 Å². The number of hydrogen-bond acceptors (Lipinski definition) is 4. The van der Waals surface area contributed by atoms with Gasteiger partial charge in [0.25, 0.3) is 0 Å². The van der Waals surface area contributed by atoms with E-state index in [4.69, 9.17) is 4.74 Å². The lowest BCUT2D eigenvalue weighted by atomic mass is 9.92. The number of nitrogens with zero attached hydrogens (tertiary/aromatic N) is 5. The molecule has 0 spiro atoms. The molecule has 1 aliphatic heterocycles. The molecule has 0 N–H and O–H groups in total. The van der Waals surface area contributed by atoms with Crippen LogP contribution in [0.4, 0.5) is 0 Å². The first-order valence-corrected chi connectivity index (χ1v) is 8.74. The lowest BCUT2D eigenvalue weighted by Gasteiger charge is -2.15. The fourth-order valence-electron chi connectivity index (χ4n) is 4.02. The number of likely N-dealkylation sites (tertiary alicyclic amines) is 1. The zero-order chi connectivity index (χ0) is 17.4. The average Bonchev–Trinajstić information content (AvgIpc) is 3.28. The van der Waals surface area contributed by atoms with Crippen LogP contribution in [-0.4, -0.2) is 51.0 Å². The van der Waals surface area contributed by atoms with Gasteiger partial charge in [0.15, 0.2) is 0 Å². The van der Waals surface area contributed by atoms with Crippen molar-refractivity contribution in [1.29, 1.82) is 0 Å². The summed E-state index contributed by atoms with van der Waals surface area (Å²) in [6, 6.07) is 6.59. The molecule has 0 saturated carbocycles. The number of methoxy groups -OCH3 is 1. The third kappa shape index (κ3) is 3.19. The molecule has 0 bridgehead atoms. The van der Waals surface area contributed by atoms with Crippen molar-refractivity contribution in [2.75, 3.05) is 26.8 Å². The standard InChI is InChI=1S/C19H25N5O/c1-22-13-20-18-6-14(4-5-19(18)22)8-24-10-16(12-25-3)17(11-24)15-7-21-23(2)9-15/h4-7,9,13,16-17H,8,10-12H2,1-3H3/t16-,17-/m0/s1. The smallest absolute Gasteiger partial charge is 0.0955 e. The Morgan fingerprint density at radius 3 is 2.88 bits per heavy atom. The first kappa shape index (κ1) is 16.3. The van der Waals surface area contributed by atoms with Gasteiger partial charge in [-0.1, -0.05) is 6.07 Å². The van der Waals surface area contributed by atoms with Gasteiger partial charge in [0.1, 0.15) is 0 Å². The third-order valence-electron chi connectivity index (χ3n) is 5.25. The van der Waals surface area contributed by atoms with Crippen LogP contribution in [0.25, 0.3) is 11.0 Å². The summed E-state index contributed by atoms with van der Waals surface area (Å²) in [7, 11) is 5.80. The van der Waals surface area contributed by atoms with E-state index in [2.05, 4.69) is 43.9 Å². The minimum atomic E-state index is 0.479. The highest BCUT2D eigenvalue weighted by Gasteiger charge is 2.34. The lowest BCUT2D eigenvalue weighted by Crippen LogP contribution is -2.21. The maximum absolute atomic E-state index is 5.48. The minimum absolute atomic E-state index is 0.479. The van der Waals surface area contributed by atoms with Gasteiger partial charge in [-0.05, 0) is 23.3 Å². The van der Waals surface area contributed by atoms with Gasteiger partial charge in [-0.15, -0.1) is 0 Å². The summed E-state index contributed by atoms with van der Waals surface area (Å²) >= 11 is 0. The highest BCUT2D eigenvalue weighted by molar-refractivity contribution is 5.75. The van der Waals surface area contributed by atoms with Crippen LogP contribution in [-0.2, 0) is 25.4 Å². The number of fused-ring (bicyclic) bond motifs is 1. The van der Waals surface area contributed by atoms with Gasteiger partial charge in [0.05, 0.1) is 30.2 Å². The Hall–Kier alpha value is -2.18. The molecule has 6 nitrogen and oxygen atoms in total. The highest BCUT2D eigenvalue weighted by atomic mass is 16.5. The normalized spacial score (nSPS) is 21.4. The molecular weight excluding hydrogens is 314 g/mol. The van der Waals surface area contributed by atoms with Crippen molar-refractivity contribution in [3.05, 3.63) is 48.0 Å². The second-order valence-electron chi connectivity index (χ2n) is 7.14. The van der Waals surface area contributed by atoms with Gasteiger partial charge < -0.3 is 9.30 Å². The van der Waals surface area contributed by atoms with E-state index < -0.39 is 0 Å². The molecule has 1 aliphatic rings. The summed E-state index contributed by atoms with van der Waals surface area (Å²) in [5.74, 6) is 0.986. The SMILES string of the molecule is COC[C@@H]1CN(Cc2ccc3c(c2)ncn3C)C[C@H]1c1cnn(C)c1. The minimum Gasteiger partial charge on any atom is -0.384 e. The third-order valence-corrected chi connectivity index (χ3v) is 5.25. The molecule has 25 heavy (non-hydrogen) atoms. The van der Waals surface area contributed by atoms with E-state index in [1.165, 1.54) is 16.6 Å². The Morgan fingerprint density at radius 2 is 2.12 bits per heavy atom. The molecule has 0 amide bonds. The molecule has 0 unspecified atom stereocenters. The van der Waals surface area contributed by atoms with Crippen LogP contribution in [0.3, 0.4) is 0 Å². The second kappa shape index (κ2) is 6.61. The van der Waals surface area contributed by atoms with Crippen molar-refractivity contribution in [3.63, 3.8) is 0 Å². The Morgan fingerprint density at radius 1 is 1.24 bits per heavy atom. The summed E-state index contributed by atoms with van der Waals surface area (Å²) < 4.78 is 9.42. The predicted molar refractivity (Wildman–Crippen MR) is 97.3 cm³/mol. The highest BCUT2D eigenvalue weighted by Crippen LogP contribution is 2.33. The molecular formula is C19H25N5O. The van der Waals surface area contributed by atoms with E-state index in [9.17, 15) is 0 Å². The summed E-state index contributed by atoms with van der Waals surface area (Å²) in [6.07, 6.45) is 6.00. The summed E-state index contributed by atoms with van der Waals surface area (Å²) in [5.41, 5.74) is 4.87. The van der Waals surface area contributed by atoms with Gasteiger partial charge in [-0.25, -0.2) is 4.98 Å². The van der Waals surface area contributed by atoms with Crippen LogP contribution in [0, 0.1) is 5.92 Å². The number of benzene rings is 1. The van der Waals surface area contributed by atoms with Crippen LogP contribution in [0.1, 0.15) is 17.0 Å². The molecule has 3 heterocycles. The van der Waals surface area contributed by atoms with Gasteiger partial charge >= 0.3 is 0 Å². The average molecular weight is 339 g/mol. The van der Waals surface area contributed by atoms with E-state index in [1.54, 1.807) is 7.11 Å². The largest absolute Gasteiger partial charge is 0.384 e. The number of ether oxygens (including phenoxy) is 1. The maximum atomic E-state index is 5.48. The number of aromatic nitrogens is 4. The monoisotopic (exact) mass is 339 g/mol. The maximum Gasteiger partial charge on any atom is 0.0955 e. The fraction of sp³-hybridized carbons (Fsp3) is 0.474.